The van der Waals surface area contributed by atoms with Gasteiger partial charge in [0.15, 0.2) is 11.5 Å². The van der Waals surface area contributed by atoms with Gasteiger partial charge in [0, 0.05) is 6.54 Å². The molecule has 1 aromatic carbocycles. The first-order valence-electron chi connectivity index (χ1n) is 4.95. The minimum Gasteiger partial charge on any atom is -0.503 e. The first-order valence-corrected chi connectivity index (χ1v) is 5.74. The average molecular weight is 274 g/mol. The molecular formula is C11H16BrNO2. The molecule has 0 aliphatic carbocycles. The Morgan fingerprint density at radius 2 is 2.20 bits per heavy atom. The lowest BCUT2D eigenvalue weighted by Gasteiger charge is -2.09. The third kappa shape index (κ3) is 3.39. The van der Waals surface area contributed by atoms with Gasteiger partial charge in [-0.3, -0.25) is 0 Å². The number of hydrogen-bond donors (Lipinski definition) is 2. The number of nitrogens with one attached hydrogen (secondary N) is 1. The maximum atomic E-state index is 9.60. The molecule has 0 spiro atoms. The predicted molar refractivity (Wildman–Crippen MR) is 64.4 cm³/mol. The molecule has 0 amide bonds. The Hall–Kier alpha value is -0.740. The fourth-order valence-corrected chi connectivity index (χ4v) is 1.78. The normalized spacial score (nSPS) is 10.3. The van der Waals surface area contributed by atoms with Gasteiger partial charge in [-0.05, 0) is 46.6 Å². The molecule has 0 radical (unpaired) electrons. The fraction of sp³-hybridized carbons (Fsp3) is 0.455. The van der Waals surface area contributed by atoms with Crippen molar-refractivity contribution in [2.45, 2.75) is 19.9 Å². The van der Waals surface area contributed by atoms with Crippen molar-refractivity contribution in [1.82, 2.24) is 5.32 Å². The van der Waals surface area contributed by atoms with Gasteiger partial charge in [0.25, 0.3) is 0 Å². The quantitative estimate of drug-likeness (QED) is 0.811. The first-order chi connectivity index (χ1) is 7.19. The number of benzene rings is 1. The largest absolute Gasteiger partial charge is 0.503 e. The smallest absolute Gasteiger partial charge is 0.172 e. The highest BCUT2D eigenvalue weighted by Gasteiger charge is 2.07. The second-order valence-electron chi connectivity index (χ2n) is 3.31. The molecule has 15 heavy (non-hydrogen) atoms. The van der Waals surface area contributed by atoms with E-state index < -0.39 is 0 Å². The number of ether oxygens (including phenoxy) is 1. The summed E-state index contributed by atoms with van der Waals surface area (Å²) in [7, 11) is 1.55. The molecule has 0 atom stereocenters. The highest BCUT2D eigenvalue weighted by Crippen LogP contribution is 2.35. The van der Waals surface area contributed by atoms with Crippen LogP contribution in [-0.4, -0.2) is 18.8 Å². The second-order valence-corrected chi connectivity index (χ2v) is 4.16. The molecule has 2 N–H and O–H groups in total. The van der Waals surface area contributed by atoms with Crippen LogP contribution in [0.25, 0.3) is 0 Å². The molecule has 0 aliphatic rings. The van der Waals surface area contributed by atoms with Gasteiger partial charge < -0.3 is 15.2 Å². The maximum Gasteiger partial charge on any atom is 0.172 e. The van der Waals surface area contributed by atoms with Crippen molar-refractivity contribution < 1.29 is 9.84 Å². The molecule has 84 valence electrons. The Morgan fingerprint density at radius 1 is 1.47 bits per heavy atom. The van der Waals surface area contributed by atoms with Crippen molar-refractivity contribution in [3.63, 3.8) is 0 Å². The average Bonchev–Trinajstić information content (AvgIpc) is 2.23. The van der Waals surface area contributed by atoms with Crippen LogP contribution < -0.4 is 10.1 Å². The number of methoxy groups -OCH3 is 1. The predicted octanol–water partition coefficient (Wildman–Crippen LogP) is 2.66. The van der Waals surface area contributed by atoms with Crippen LogP contribution in [0.3, 0.4) is 0 Å². The van der Waals surface area contributed by atoms with Crippen LogP contribution in [0.4, 0.5) is 0 Å². The van der Waals surface area contributed by atoms with Crippen molar-refractivity contribution in [2.24, 2.45) is 0 Å². The van der Waals surface area contributed by atoms with Crippen LogP contribution in [0.1, 0.15) is 18.9 Å². The van der Waals surface area contributed by atoms with E-state index in [-0.39, 0.29) is 5.75 Å². The fourth-order valence-electron chi connectivity index (χ4n) is 1.29. The summed E-state index contributed by atoms with van der Waals surface area (Å²) in [4.78, 5) is 0. The number of hydrogen-bond acceptors (Lipinski definition) is 3. The number of halogens is 1. The van der Waals surface area contributed by atoms with Crippen molar-refractivity contribution >= 4 is 15.9 Å². The summed E-state index contributed by atoms with van der Waals surface area (Å²) in [6.07, 6.45) is 1.11. The molecule has 0 unspecified atom stereocenters. The lowest BCUT2D eigenvalue weighted by atomic mass is 10.2. The molecule has 4 heteroatoms. The molecule has 0 saturated heterocycles. The topological polar surface area (TPSA) is 41.5 Å². The Labute approximate surface area is 98.6 Å². The van der Waals surface area contributed by atoms with Crippen LogP contribution in [0.2, 0.25) is 0 Å². The summed E-state index contributed by atoms with van der Waals surface area (Å²) in [6.45, 7) is 3.89. The summed E-state index contributed by atoms with van der Waals surface area (Å²) in [5.41, 5.74) is 1.09. The summed E-state index contributed by atoms with van der Waals surface area (Å²) in [5.74, 6) is 0.648. The minimum absolute atomic E-state index is 0.150. The molecule has 0 bridgehead atoms. The summed E-state index contributed by atoms with van der Waals surface area (Å²) >= 11 is 3.29. The third-order valence-electron chi connectivity index (χ3n) is 2.06. The second kappa shape index (κ2) is 5.98. The minimum atomic E-state index is 0.150. The van der Waals surface area contributed by atoms with Crippen LogP contribution >= 0.6 is 15.9 Å². The molecular weight excluding hydrogens is 258 g/mol. The van der Waals surface area contributed by atoms with E-state index in [4.69, 9.17) is 4.74 Å². The van der Waals surface area contributed by atoms with E-state index >= 15 is 0 Å². The lowest BCUT2D eigenvalue weighted by Crippen LogP contribution is -2.13. The van der Waals surface area contributed by atoms with E-state index in [0.29, 0.717) is 10.2 Å². The standard InChI is InChI=1S/C11H16BrNO2/c1-3-4-13-7-8-5-9(12)11(14)10(6-8)15-2/h5-6,13-14H,3-4,7H2,1-2H3. The maximum absolute atomic E-state index is 9.60. The highest BCUT2D eigenvalue weighted by molar-refractivity contribution is 9.10. The number of phenols is 1. The molecule has 0 fully saturated rings. The van der Waals surface area contributed by atoms with Gasteiger partial charge in [0.2, 0.25) is 0 Å². The zero-order valence-electron chi connectivity index (χ0n) is 9.01. The molecule has 0 aromatic heterocycles. The Balaban J connectivity index is 2.77. The first kappa shape index (κ1) is 12.3. The lowest BCUT2D eigenvalue weighted by molar-refractivity contribution is 0.371. The van der Waals surface area contributed by atoms with Crippen molar-refractivity contribution in [1.29, 1.82) is 0 Å². The van der Waals surface area contributed by atoms with Gasteiger partial charge in [-0.25, -0.2) is 0 Å². The molecule has 3 nitrogen and oxygen atoms in total. The van der Waals surface area contributed by atoms with Crippen molar-refractivity contribution in [3.05, 3.63) is 22.2 Å². The Morgan fingerprint density at radius 3 is 2.80 bits per heavy atom. The monoisotopic (exact) mass is 273 g/mol. The third-order valence-corrected chi connectivity index (χ3v) is 2.67. The van der Waals surface area contributed by atoms with E-state index in [0.717, 1.165) is 25.1 Å². The van der Waals surface area contributed by atoms with Crippen LogP contribution in [0.15, 0.2) is 16.6 Å². The SMILES string of the molecule is CCCNCc1cc(Br)c(O)c(OC)c1. The van der Waals surface area contributed by atoms with Crippen LogP contribution in [-0.2, 0) is 6.54 Å². The van der Waals surface area contributed by atoms with Gasteiger partial charge >= 0.3 is 0 Å². The molecule has 1 aromatic rings. The molecule has 1 rings (SSSR count). The Kier molecular flexibility index (Phi) is 4.91. The summed E-state index contributed by atoms with van der Waals surface area (Å²) < 4.78 is 5.73. The number of rotatable bonds is 5. The Bertz CT molecular complexity index is 329. The molecule has 0 aliphatic heterocycles. The number of aromatic hydroxyl groups is 1. The number of phenolic OH excluding ortho intramolecular Hbond substituents is 1. The van der Waals surface area contributed by atoms with E-state index in [1.807, 2.05) is 12.1 Å². The summed E-state index contributed by atoms with van der Waals surface area (Å²) in [6, 6.07) is 3.73. The van der Waals surface area contributed by atoms with Crippen molar-refractivity contribution in [2.75, 3.05) is 13.7 Å². The van der Waals surface area contributed by atoms with Gasteiger partial charge in [-0.1, -0.05) is 6.92 Å². The van der Waals surface area contributed by atoms with Crippen LogP contribution in [0.5, 0.6) is 11.5 Å². The van der Waals surface area contributed by atoms with E-state index in [1.54, 1.807) is 7.11 Å². The van der Waals surface area contributed by atoms with Crippen LogP contribution in [0, 0.1) is 0 Å². The van der Waals surface area contributed by atoms with Gasteiger partial charge in [-0.2, -0.15) is 0 Å². The zero-order valence-corrected chi connectivity index (χ0v) is 10.6. The van der Waals surface area contributed by atoms with Gasteiger partial charge in [0.1, 0.15) is 0 Å². The molecule has 0 saturated carbocycles. The van der Waals surface area contributed by atoms with Gasteiger partial charge in [0.05, 0.1) is 11.6 Å². The zero-order chi connectivity index (χ0) is 11.3. The highest BCUT2D eigenvalue weighted by atomic mass is 79.9. The van der Waals surface area contributed by atoms with E-state index in [9.17, 15) is 5.11 Å². The van der Waals surface area contributed by atoms with Crippen molar-refractivity contribution in [3.8, 4) is 11.5 Å². The molecule has 0 heterocycles. The summed E-state index contributed by atoms with van der Waals surface area (Å²) in [5, 5.41) is 12.9. The van der Waals surface area contributed by atoms with E-state index in [2.05, 4.69) is 28.2 Å². The van der Waals surface area contributed by atoms with E-state index in [1.165, 1.54) is 0 Å². The van der Waals surface area contributed by atoms with Gasteiger partial charge in [-0.15, -0.1) is 0 Å².